The number of fused-ring (bicyclic) bond motifs is 1. The Labute approximate surface area is 157 Å². The van der Waals surface area contributed by atoms with Gasteiger partial charge >= 0.3 is 0 Å². The van der Waals surface area contributed by atoms with Crippen LogP contribution >= 0.6 is 12.4 Å². The Bertz CT molecular complexity index is 1010. The van der Waals surface area contributed by atoms with E-state index < -0.39 is 0 Å². The van der Waals surface area contributed by atoms with Crippen LogP contribution in [0, 0.1) is 0 Å². The van der Waals surface area contributed by atoms with Crippen molar-refractivity contribution in [2.45, 2.75) is 0 Å². The molecule has 0 aliphatic rings. The Kier molecular flexibility index (Phi) is 5.20. The molecular weight excluding hydrogens is 348 g/mol. The summed E-state index contributed by atoms with van der Waals surface area (Å²) >= 11 is 0. The predicted molar refractivity (Wildman–Crippen MR) is 107 cm³/mol. The highest BCUT2D eigenvalue weighted by atomic mass is 35.5. The second-order valence-corrected chi connectivity index (χ2v) is 5.56. The second-order valence-electron chi connectivity index (χ2n) is 5.56. The smallest absolute Gasteiger partial charge is 0.141 e. The molecule has 5 nitrogen and oxygen atoms in total. The summed E-state index contributed by atoms with van der Waals surface area (Å²) in [5.41, 5.74) is 8.31. The first-order chi connectivity index (χ1) is 12.3. The van der Waals surface area contributed by atoms with E-state index >= 15 is 0 Å². The van der Waals surface area contributed by atoms with Gasteiger partial charge in [-0.3, -0.25) is 0 Å². The Morgan fingerprint density at radius 1 is 0.808 bits per heavy atom. The Balaban J connectivity index is 0.00000196. The molecule has 0 bridgehead atoms. The van der Waals surface area contributed by atoms with E-state index in [9.17, 15) is 0 Å². The van der Waals surface area contributed by atoms with Gasteiger partial charge in [-0.2, -0.15) is 0 Å². The van der Waals surface area contributed by atoms with Gasteiger partial charge in [-0.25, -0.2) is 9.97 Å². The lowest BCUT2D eigenvalue weighted by molar-refractivity contribution is 0.483. The quantitative estimate of drug-likeness (QED) is 0.489. The fourth-order valence-electron chi connectivity index (χ4n) is 2.54. The number of hydrogen-bond donors (Lipinski definition) is 2. The molecule has 0 spiro atoms. The summed E-state index contributed by atoms with van der Waals surface area (Å²) in [4.78, 5) is 8.58. The van der Waals surface area contributed by atoms with E-state index in [0.717, 1.165) is 28.1 Å². The average Bonchev–Trinajstić information content (AvgIpc) is 2.65. The first kappa shape index (κ1) is 17.5. The van der Waals surface area contributed by atoms with Crippen LogP contribution in [0.2, 0.25) is 0 Å². The van der Waals surface area contributed by atoms with Crippen LogP contribution in [0.3, 0.4) is 0 Å². The van der Waals surface area contributed by atoms with Crippen LogP contribution in [0.4, 0.5) is 17.2 Å². The van der Waals surface area contributed by atoms with Crippen molar-refractivity contribution in [1.82, 2.24) is 9.97 Å². The number of anilines is 3. The zero-order valence-electron chi connectivity index (χ0n) is 13.8. The molecule has 4 aromatic rings. The number of nitrogens with zero attached hydrogens (tertiary/aromatic N) is 2. The summed E-state index contributed by atoms with van der Waals surface area (Å²) in [6.45, 7) is 0. The van der Waals surface area contributed by atoms with Gasteiger partial charge < -0.3 is 15.8 Å². The highest BCUT2D eigenvalue weighted by Gasteiger charge is 2.05. The van der Waals surface area contributed by atoms with E-state index in [2.05, 4.69) is 15.3 Å². The van der Waals surface area contributed by atoms with E-state index in [1.165, 1.54) is 6.33 Å². The van der Waals surface area contributed by atoms with E-state index in [1.54, 1.807) is 0 Å². The van der Waals surface area contributed by atoms with E-state index in [1.807, 2.05) is 72.8 Å². The van der Waals surface area contributed by atoms with Crippen molar-refractivity contribution in [2.24, 2.45) is 0 Å². The number of para-hydroxylation sites is 1. The molecule has 130 valence electrons. The zero-order valence-corrected chi connectivity index (χ0v) is 14.6. The Hall–Kier alpha value is -3.31. The Morgan fingerprint density at radius 3 is 2.31 bits per heavy atom. The highest BCUT2D eigenvalue weighted by molar-refractivity contribution is 5.92. The van der Waals surface area contributed by atoms with E-state index in [4.69, 9.17) is 10.5 Å². The number of nitrogen functional groups attached to an aromatic ring is 1. The lowest BCUT2D eigenvalue weighted by Crippen LogP contribution is -1.97. The van der Waals surface area contributed by atoms with Gasteiger partial charge in [-0.15, -0.1) is 12.4 Å². The number of aromatic nitrogens is 2. The molecule has 3 aromatic carbocycles. The average molecular weight is 365 g/mol. The summed E-state index contributed by atoms with van der Waals surface area (Å²) in [5, 5.41) is 4.18. The predicted octanol–water partition coefficient (Wildman–Crippen LogP) is 5.17. The van der Waals surface area contributed by atoms with E-state index in [0.29, 0.717) is 11.5 Å². The van der Waals surface area contributed by atoms with Crippen LogP contribution in [-0.2, 0) is 0 Å². The maximum absolute atomic E-state index is 5.88. The maximum Gasteiger partial charge on any atom is 0.141 e. The minimum atomic E-state index is 0. The van der Waals surface area contributed by atoms with E-state index in [-0.39, 0.29) is 12.4 Å². The molecule has 0 atom stereocenters. The van der Waals surface area contributed by atoms with Crippen molar-refractivity contribution in [2.75, 3.05) is 11.1 Å². The molecule has 6 heteroatoms. The molecule has 26 heavy (non-hydrogen) atoms. The van der Waals surface area contributed by atoms with Gasteiger partial charge in [-0.1, -0.05) is 18.2 Å². The van der Waals surface area contributed by atoms with Gasteiger partial charge in [-0.05, 0) is 54.6 Å². The maximum atomic E-state index is 5.88. The number of nitrogens with one attached hydrogen (secondary N) is 1. The van der Waals surface area contributed by atoms with Crippen LogP contribution in [-0.4, -0.2) is 9.97 Å². The van der Waals surface area contributed by atoms with Gasteiger partial charge in [0.05, 0.1) is 5.52 Å². The zero-order chi connectivity index (χ0) is 17.1. The van der Waals surface area contributed by atoms with Crippen LogP contribution in [0.5, 0.6) is 11.5 Å². The summed E-state index contributed by atoms with van der Waals surface area (Å²) in [6.07, 6.45) is 1.54. The normalized spacial score (nSPS) is 10.2. The standard InChI is InChI=1S/C20H16N4O.ClH/c21-14-6-11-19-18(12-14)20(23-13-22-19)24-15-7-9-17(10-8-15)25-16-4-2-1-3-5-16;/h1-13H,21H2,(H,22,23,24);1H. The lowest BCUT2D eigenvalue weighted by Gasteiger charge is -2.10. The number of rotatable bonds is 4. The van der Waals surface area contributed by atoms with Gasteiger partial charge in [0.2, 0.25) is 0 Å². The first-order valence-corrected chi connectivity index (χ1v) is 7.88. The van der Waals surface area contributed by atoms with Gasteiger partial charge in [0, 0.05) is 16.8 Å². The number of halogens is 1. The number of hydrogen-bond acceptors (Lipinski definition) is 5. The van der Waals surface area contributed by atoms with Gasteiger partial charge in [0.1, 0.15) is 23.6 Å². The molecular formula is C20H17ClN4O. The summed E-state index contributed by atoms with van der Waals surface area (Å²) in [5.74, 6) is 2.29. The molecule has 0 aliphatic carbocycles. The molecule has 0 saturated carbocycles. The fourth-order valence-corrected chi connectivity index (χ4v) is 2.54. The van der Waals surface area contributed by atoms with Gasteiger partial charge in [0.15, 0.2) is 0 Å². The monoisotopic (exact) mass is 364 g/mol. The molecule has 0 fully saturated rings. The summed E-state index contributed by atoms with van der Waals surface area (Å²) in [6, 6.07) is 23.0. The van der Waals surface area contributed by atoms with Crippen LogP contribution in [0.1, 0.15) is 0 Å². The summed E-state index contributed by atoms with van der Waals surface area (Å²) < 4.78 is 5.80. The molecule has 0 aliphatic heterocycles. The molecule has 0 saturated heterocycles. The molecule has 0 unspecified atom stereocenters. The first-order valence-electron chi connectivity index (χ1n) is 7.88. The molecule has 1 aromatic heterocycles. The fraction of sp³-hybridized carbons (Fsp3) is 0. The third-order valence-electron chi connectivity index (χ3n) is 3.76. The number of ether oxygens (including phenoxy) is 1. The van der Waals surface area contributed by atoms with Crippen molar-refractivity contribution in [3.63, 3.8) is 0 Å². The molecule has 0 radical (unpaired) electrons. The van der Waals surface area contributed by atoms with Crippen LogP contribution < -0.4 is 15.8 Å². The number of nitrogens with two attached hydrogens (primary N) is 1. The van der Waals surface area contributed by atoms with Crippen LogP contribution in [0.25, 0.3) is 10.9 Å². The molecule has 4 rings (SSSR count). The van der Waals surface area contributed by atoms with Crippen molar-refractivity contribution in [3.05, 3.63) is 79.1 Å². The topological polar surface area (TPSA) is 73.1 Å². The summed E-state index contributed by atoms with van der Waals surface area (Å²) in [7, 11) is 0. The minimum Gasteiger partial charge on any atom is -0.457 e. The van der Waals surface area contributed by atoms with Crippen molar-refractivity contribution < 1.29 is 4.74 Å². The second kappa shape index (κ2) is 7.72. The Morgan fingerprint density at radius 2 is 1.54 bits per heavy atom. The molecule has 0 amide bonds. The highest BCUT2D eigenvalue weighted by Crippen LogP contribution is 2.27. The molecule has 3 N–H and O–H groups in total. The SMILES string of the molecule is Cl.Nc1ccc2ncnc(Nc3ccc(Oc4ccccc4)cc3)c2c1. The van der Waals surface area contributed by atoms with Crippen molar-refractivity contribution in [1.29, 1.82) is 0 Å². The molecule has 1 heterocycles. The largest absolute Gasteiger partial charge is 0.457 e. The van der Waals surface area contributed by atoms with Crippen LogP contribution in [0.15, 0.2) is 79.1 Å². The lowest BCUT2D eigenvalue weighted by atomic mass is 10.2. The third-order valence-corrected chi connectivity index (χ3v) is 3.76. The van der Waals surface area contributed by atoms with Gasteiger partial charge in [0.25, 0.3) is 0 Å². The van der Waals surface area contributed by atoms with Crippen molar-refractivity contribution in [3.8, 4) is 11.5 Å². The van der Waals surface area contributed by atoms with Crippen molar-refractivity contribution >= 4 is 40.5 Å². The number of benzene rings is 3. The minimum absolute atomic E-state index is 0. The third kappa shape index (κ3) is 3.84.